The van der Waals surface area contributed by atoms with E-state index in [4.69, 9.17) is 15.4 Å². The summed E-state index contributed by atoms with van der Waals surface area (Å²) >= 11 is 0. The van der Waals surface area contributed by atoms with Crippen molar-refractivity contribution in [2.24, 2.45) is 0 Å². The van der Waals surface area contributed by atoms with Crippen molar-refractivity contribution in [3.63, 3.8) is 0 Å². The molecule has 1 aromatic rings. The van der Waals surface area contributed by atoms with Gasteiger partial charge in [0.05, 0.1) is 11.0 Å². The highest BCUT2D eigenvalue weighted by Gasteiger charge is 2.30. The van der Waals surface area contributed by atoms with Gasteiger partial charge in [-0.25, -0.2) is 8.42 Å². The molecule has 104 valence electrons. The molecule has 1 aromatic carbocycles. The van der Waals surface area contributed by atoms with Crippen LogP contribution in [0.25, 0.3) is 0 Å². The molecule has 0 radical (unpaired) electrons. The molecule has 0 unspecified atom stereocenters. The van der Waals surface area contributed by atoms with Crippen LogP contribution in [-0.2, 0) is 13.8 Å². The molecule has 1 saturated carbocycles. The fourth-order valence-electron chi connectivity index (χ4n) is 1.91. The van der Waals surface area contributed by atoms with Crippen LogP contribution in [0.1, 0.15) is 23.2 Å². The van der Waals surface area contributed by atoms with Gasteiger partial charge in [-0.1, -0.05) is 0 Å². The minimum absolute atomic E-state index is 0.0196. The van der Waals surface area contributed by atoms with Gasteiger partial charge in [-0.15, -0.1) is 0 Å². The number of nitrogens with one attached hydrogen (secondary N) is 1. The molecule has 1 N–H and O–H groups in total. The second-order valence-corrected chi connectivity index (χ2v) is 7.03. The average molecular weight is 304 g/mol. The summed E-state index contributed by atoms with van der Waals surface area (Å²) in [5.74, 6) is -0.224. The first-order valence-electron chi connectivity index (χ1n) is 5.78. The molecule has 0 bridgehead atoms. The van der Waals surface area contributed by atoms with Gasteiger partial charge in [0.25, 0.3) is 15.0 Å². The van der Waals surface area contributed by atoms with Gasteiger partial charge in [0.2, 0.25) is 0 Å². The van der Waals surface area contributed by atoms with Crippen molar-refractivity contribution in [1.29, 1.82) is 0 Å². The highest BCUT2D eigenvalue weighted by atomic mass is 35.7. The van der Waals surface area contributed by atoms with E-state index in [0.29, 0.717) is 5.56 Å². The highest BCUT2D eigenvalue weighted by molar-refractivity contribution is 8.13. The molecule has 0 saturated heterocycles. The van der Waals surface area contributed by atoms with Crippen LogP contribution in [0.15, 0.2) is 29.2 Å². The Hall–Kier alpha value is -1.11. The second-order valence-electron chi connectivity index (χ2n) is 4.46. The molecule has 19 heavy (non-hydrogen) atoms. The van der Waals surface area contributed by atoms with Crippen LogP contribution in [0.3, 0.4) is 0 Å². The maximum absolute atomic E-state index is 11.9. The molecule has 1 aliphatic carbocycles. The lowest BCUT2D eigenvalue weighted by Gasteiger charge is -2.34. The van der Waals surface area contributed by atoms with E-state index in [1.54, 1.807) is 7.11 Å². The summed E-state index contributed by atoms with van der Waals surface area (Å²) in [6.07, 6.45) is 1.82. The molecule has 0 aromatic heterocycles. The van der Waals surface area contributed by atoms with E-state index in [1.807, 2.05) is 0 Å². The predicted octanol–water partition coefficient (Wildman–Crippen LogP) is 1.52. The Balaban J connectivity index is 1.97. The van der Waals surface area contributed by atoms with E-state index in [0.717, 1.165) is 12.8 Å². The summed E-state index contributed by atoms with van der Waals surface area (Å²) in [5.41, 5.74) is 0.407. The summed E-state index contributed by atoms with van der Waals surface area (Å²) in [7, 11) is 3.09. The number of carbonyl (C=O) groups is 1. The molecule has 0 aliphatic heterocycles. The zero-order chi connectivity index (χ0) is 14.0. The smallest absolute Gasteiger partial charge is 0.261 e. The van der Waals surface area contributed by atoms with Crippen LogP contribution in [0.4, 0.5) is 0 Å². The quantitative estimate of drug-likeness (QED) is 0.856. The number of ether oxygens (including phenoxy) is 1. The summed E-state index contributed by atoms with van der Waals surface area (Å²) in [6.45, 7) is 0. The number of hydrogen-bond donors (Lipinski definition) is 1. The van der Waals surface area contributed by atoms with Crippen LogP contribution in [0.2, 0.25) is 0 Å². The number of amides is 1. The number of hydrogen-bond acceptors (Lipinski definition) is 4. The third-order valence-electron chi connectivity index (χ3n) is 3.16. The van der Waals surface area contributed by atoms with Crippen molar-refractivity contribution in [2.45, 2.75) is 29.9 Å². The van der Waals surface area contributed by atoms with Crippen molar-refractivity contribution in [2.75, 3.05) is 7.11 Å². The summed E-state index contributed by atoms with van der Waals surface area (Å²) in [6, 6.07) is 5.63. The lowest BCUT2D eigenvalue weighted by Crippen LogP contribution is -2.47. The third-order valence-corrected chi connectivity index (χ3v) is 4.53. The number of carbonyl (C=O) groups excluding carboxylic acids is 1. The number of benzene rings is 1. The second kappa shape index (κ2) is 5.48. The van der Waals surface area contributed by atoms with E-state index in [-0.39, 0.29) is 22.9 Å². The summed E-state index contributed by atoms with van der Waals surface area (Å²) in [4.78, 5) is 11.8. The van der Waals surface area contributed by atoms with Gasteiger partial charge in [-0.2, -0.15) is 0 Å². The molecular formula is C12H14ClNO4S. The zero-order valence-corrected chi connectivity index (χ0v) is 11.9. The maximum Gasteiger partial charge on any atom is 0.261 e. The Morgan fingerprint density at radius 3 is 2.37 bits per heavy atom. The van der Waals surface area contributed by atoms with Crippen LogP contribution in [0.5, 0.6) is 0 Å². The van der Waals surface area contributed by atoms with Gasteiger partial charge in [0, 0.05) is 29.4 Å². The highest BCUT2D eigenvalue weighted by Crippen LogP contribution is 2.23. The molecule has 1 aliphatic rings. The van der Waals surface area contributed by atoms with Crippen molar-refractivity contribution in [1.82, 2.24) is 5.32 Å². The molecule has 2 rings (SSSR count). The van der Waals surface area contributed by atoms with Crippen LogP contribution >= 0.6 is 10.7 Å². The van der Waals surface area contributed by atoms with E-state index in [2.05, 4.69) is 5.32 Å². The zero-order valence-electron chi connectivity index (χ0n) is 10.3. The number of methoxy groups -OCH3 is 1. The molecule has 7 heteroatoms. The SMILES string of the molecule is COC1CC(NC(=O)c2ccc(S(=O)(=O)Cl)cc2)C1. The number of halogens is 1. The minimum atomic E-state index is -3.75. The van der Waals surface area contributed by atoms with Crippen molar-refractivity contribution in [3.05, 3.63) is 29.8 Å². The minimum Gasteiger partial charge on any atom is -0.381 e. The van der Waals surface area contributed by atoms with Crippen LogP contribution in [-0.4, -0.2) is 33.6 Å². The standard InChI is InChI=1S/C12H14ClNO4S/c1-18-10-6-9(7-10)14-12(15)8-2-4-11(5-3-8)19(13,16)17/h2-5,9-10H,6-7H2,1H3,(H,14,15). The lowest BCUT2D eigenvalue weighted by atomic mass is 9.89. The Labute approximate surface area is 116 Å². The van der Waals surface area contributed by atoms with Crippen LogP contribution < -0.4 is 5.32 Å². The molecule has 1 fully saturated rings. The molecular weight excluding hydrogens is 290 g/mol. The molecule has 0 spiro atoms. The molecule has 0 heterocycles. The van der Waals surface area contributed by atoms with Crippen molar-refractivity contribution >= 4 is 25.6 Å². The topological polar surface area (TPSA) is 72.5 Å². The Bertz CT molecular complexity index is 564. The van der Waals surface area contributed by atoms with Crippen molar-refractivity contribution in [3.8, 4) is 0 Å². The first-order chi connectivity index (χ1) is 8.90. The van der Waals surface area contributed by atoms with Gasteiger partial charge in [0.15, 0.2) is 0 Å². The lowest BCUT2D eigenvalue weighted by molar-refractivity contribution is 0.0176. The monoisotopic (exact) mass is 303 g/mol. The molecule has 1 amide bonds. The van der Waals surface area contributed by atoms with Gasteiger partial charge in [-0.3, -0.25) is 4.79 Å². The van der Waals surface area contributed by atoms with E-state index in [9.17, 15) is 13.2 Å². The predicted molar refractivity (Wildman–Crippen MR) is 70.8 cm³/mol. The fraction of sp³-hybridized carbons (Fsp3) is 0.417. The Kier molecular flexibility index (Phi) is 4.13. The number of rotatable bonds is 4. The largest absolute Gasteiger partial charge is 0.381 e. The van der Waals surface area contributed by atoms with Gasteiger partial charge in [-0.05, 0) is 37.1 Å². The first kappa shape index (κ1) is 14.3. The average Bonchev–Trinajstić information content (AvgIpc) is 2.32. The molecule has 0 atom stereocenters. The third kappa shape index (κ3) is 3.46. The maximum atomic E-state index is 11.9. The van der Waals surface area contributed by atoms with E-state index < -0.39 is 9.05 Å². The van der Waals surface area contributed by atoms with Gasteiger partial charge < -0.3 is 10.1 Å². The van der Waals surface area contributed by atoms with Gasteiger partial charge >= 0.3 is 0 Å². The summed E-state index contributed by atoms with van der Waals surface area (Å²) in [5, 5.41) is 2.85. The van der Waals surface area contributed by atoms with Crippen LogP contribution in [0, 0.1) is 0 Å². The van der Waals surface area contributed by atoms with E-state index >= 15 is 0 Å². The van der Waals surface area contributed by atoms with Gasteiger partial charge in [0.1, 0.15) is 0 Å². The fourth-order valence-corrected chi connectivity index (χ4v) is 2.68. The Morgan fingerprint density at radius 2 is 1.89 bits per heavy atom. The van der Waals surface area contributed by atoms with Crippen molar-refractivity contribution < 1.29 is 17.9 Å². The molecule has 5 nitrogen and oxygen atoms in total. The Morgan fingerprint density at radius 1 is 1.32 bits per heavy atom. The first-order valence-corrected chi connectivity index (χ1v) is 8.09. The van der Waals surface area contributed by atoms with E-state index in [1.165, 1.54) is 24.3 Å². The normalized spacial score (nSPS) is 22.6. The summed E-state index contributed by atoms with van der Waals surface area (Å²) < 4.78 is 27.3.